The van der Waals surface area contributed by atoms with E-state index in [1.165, 1.54) is 0 Å². The van der Waals surface area contributed by atoms with Crippen LogP contribution in [0.4, 0.5) is 0 Å². The van der Waals surface area contributed by atoms with Crippen LogP contribution < -0.4 is 10.6 Å². The Balaban J connectivity index is 1.46. The van der Waals surface area contributed by atoms with E-state index in [0.717, 1.165) is 28.2 Å². The molecule has 5 rings (SSSR count). The summed E-state index contributed by atoms with van der Waals surface area (Å²) in [7, 11) is 0. The first kappa shape index (κ1) is 25.8. The summed E-state index contributed by atoms with van der Waals surface area (Å²) in [6, 6.07) is 14.7. The lowest BCUT2D eigenvalue weighted by Gasteiger charge is -2.19. The molecule has 0 spiro atoms. The number of aromatic nitrogens is 2. The highest BCUT2D eigenvalue weighted by molar-refractivity contribution is 6.35. The molecule has 1 amide bonds. The number of fused-ring (bicyclic) bond motifs is 1. The highest BCUT2D eigenvalue weighted by Crippen LogP contribution is 2.34. The molecular formula is C29H26Cl2N4O3. The molecule has 0 bridgehead atoms. The average molecular weight is 549 g/mol. The van der Waals surface area contributed by atoms with Crippen LogP contribution in [0.3, 0.4) is 0 Å². The Bertz CT molecular complexity index is 1450. The van der Waals surface area contributed by atoms with Crippen molar-refractivity contribution in [2.75, 3.05) is 6.54 Å². The number of nitrogens with one attached hydrogen (secondary N) is 2. The number of nitrogens with zero attached hydrogens (tertiary/aromatic N) is 2. The predicted octanol–water partition coefficient (Wildman–Crippen LogP) is 5.73. The minimum absolute atomic E-state index is 0.0771. The van der Waals surface area contributed by atoms with Crippen LogP contribution in [0.2, 0.25) is 10.0 Å². The molecule has 1 aromatic heterocycles. The van der Waals surface area contributed by atoms with E-state index in [1.807, 2.05) is 41.1 Å². The van der Waals surface area contributed by atoms with Crippen molar-refractivity contribution >= 4 is 40.8 Å². The van der Waals surface area contributed by atoms with Gasteiger partial charge in [0.2, 0.25) is 0 Å². The summed E-state index contributed by atoms with van der Waals surface area (Å²) in [6.45, 7) is 2.13. The van der Waals surface area contributed by atoms with Crippen LogP contribution in [0.25, 0.3) is 17.0 Å². The number of allylic oxidation sites excluding steroid dienone is 2. The molecule has 1 aliphatic heterocycles. The lowest BCUT2D eigenvalue weighted by molar-refractivity contribution is -0.136. The highest BCUT2D eigenvalue weighted by atomic mass is 35.5. The molecular weight excluding hydrogens is 523 g/mol. The number of halogens is 2. The number of carbonyl (C=O) groups is 2. The van der Waals surface area contributed by atoms with Crippen molar-refractivity contribution in [3.63, 3.8) is 0 Å². The number of benzene rings is 2. The van der Waals surface area contributed by atoms with Gasteiger partial charge in [0.1, 0.15) is 0 Å². The van der Waals surface area contributed by atoms with E-state index in [9.17, 15) is 9.59 Å². The number of rotatable bonds is 8. The molecule has 2 heterocycles. The molecule has 3 unspecified atom stereocenters. The molecule has 3 aromatic rings. The van der Waals surface area contributed by atoms with Crippen LogP contribution in [0.5, 0.6) is 0 Å². The molecule has 0 saturated carbocycles. The first-order valence-electron chi connectivity index (χ1n) is 12.3. The summed E-state index contributed by atoms with van der Waals surface area (Å²) in [5.41, 5.74) is 4.90. The van der Waals surface area contributed by atoms with Gasteiger partial charge < -0.3 is 15.7 Å². The van der Waals surface area contributed by atoms with Crippen molar-refractivity contribution in [2.24, 2.45) is 5.92 Å². The van der Waals surface area contributed by atoms with Gasteiger partial charge in [0.15, 0.2) is 0 Å². The fraction of sp³-hybridized carbons (Fsp3) is 0.207. The van der Waals surface area contributed by atoms with E-state index in [0.29, 0.717) is 15.6 Å². The van der Waals surface area contributed by atoms with Gasteiger partial charge in [-0.15, -0.1) is 0 Å². The van der Waals surface area contributed by atoms with E-state index in [1.54, 1.807) is 18.2 Å². The van der Waals surface area contributed by atoms with Crippen LogP contribution in [0, 0.1) is 5.92 Å². The Labute approximate surface area is 230 Å². The van der Waals surface area contributed by atoms with Crippen molar-refractivity contribution in [3.05, 3.63) is 106 Å². The van der Waals surface area contributed by atoms with E-state index in [4.69, 9.17) is 33.4 Å². The zero-order valence-electron chi connectivity index (χ0n) is 20.6. The molecule has 0 saturated heterocycles. The largest absolute Gasteiger partial charge is 0.481 e. The van der Waals surface area contributed by atoms with E-state index < -0.39 is 5.97 Å². The molecule has 1 aliphatic carbocycles. The Hall–Kier alpha value is -3.81. The maximum absolute atomic E-state index is 12.4. The van der Waals surface area contributed by atoms with Crippen LogP contribution in [0.15, 0.2) is 78.9 Å². The normalized spacial score (nSPS) is 18.4. The molecule has 38 heavy (non-hydrogen) atoms. The van der Waals surface area contributed by atoms with Gasteiger partial charge in [-0.25, -0.2) is 0 Å². The van der Waals surface area contributed by atoms with Gasteiger partial charge in [0.05, 0.1) is 35.6 Å². The van der Waals surface area contributed by atoms with Gasteiger partial charge in [-0.05, 0) is 55.0 Å². The second-order valence-corrected chi connectivity index (χ2v) is 10.2. The third kappa shape index (κ3) is 5.54. The van der Waals surface area contributed by atoms with Crippen LogP contribution in [0.1, 0.15) is 41.0 Å². The molecule has 2 aliphatic rings. The molecule has 7 nitrogen and oxygen atoms in total. The smallest absolute Gasteiger partial charge is 0.305 e. The highest BCUT2D eigenvalue weighted by Gasteiger charge is 2.28. The minimum Gasteiger partial charge on any atom is -0.481 e. The standard InChI is InChI=1S/C29H26Cl2N4O3/c1-17(18-6-8-19(9-7-18)29(38)32-11-10-28(36)37)35-27(26-14-20-4-2-3-5-24(20)33-26)16-25(34-35)21-12-22(30)15-23(31)13-21/h2-9,12-17,20,24,33H,10-11H2,1H3,(H,32,38)(H,36,37). The second-order valence-electron chi connectivity index (χ2n) is 9.31. The third-order valence-electron chi connectivity index (χ3n) is 6.68. The van der Waals surface area contributed by atoms with Crippen molar-refractivity contribution < 1.29 is 14.7 Å². The summed E-state index contributed by atoms with van der Waals surface area (Å²) in [6.07, 6.45) is 10.5. The van der Waals surface area contributed by atoms with Crippen molar-refractivity contribution in [1.29, 1.82) is 0 Å². The fourth-order valence-electron chi connectivity index (χ4n) is 4.68. The van der Waals surface area contributed by atoms with Crippen molar-refractivity contribution in [3.8, 4) is 11.3 Å². The molecule has 3 atom stereocenters. The van der Waals surface area contributed by atoms with Crippen LogP contribution in [-0.2, 0) is 4.79 Å². The Kier molecular flexibility index (Phi) is 7.40. The Morgan fingerprint density at radius 1 is 1.08 bits per heavy atom. The third-order valence-corrected chi connectivity index (χ3v) is 7.11. The molecule has 3 N–H and O–H groups in total. The zero-order chi connectivity index (χ0) is 26.8. The van der Waals surface area contributed by atoms with Gasteiger partial charge >= 0.3 is 5.97 Å². The fourth-order valence-corrected chi connectivity index (χ4v) is 5.21. The molecule has 2 aromatic carbocycles. The average Bonchev–Trinajstić information content (AvgIpc) is 3.52. The predicted molar refractivity (Wildman–Crippen MR) is 149 cm³/mol. The molecule has 9 heteroatoms. The van der Waals surface area contributed by atoms with E-state index in [-0.39, 0.29) is 36.9 Å². The molecule has 0 fully saturated rings. The maximum atomic E-state index is 12.4. The van der Waals surface area contributed by atoms with Crippen LogP contribution >= 0.6 is 23.2 Å². The topological polar surface area (TPSA) is 96.3 Å². The van der Waals surface area contributed by atoms with Crippen molar-refractivity contribution in [1.82, 2.24) is 20.4 Å². The lowest BCUT2D eigenvalue weighted by atomic mass is 9.98. The van der Waals surface area contributed by atoms with Gasteiger partial charge in [-0.2, -0.15) is 5.10 Å². The van der Waals surface area contributed by atoms with E-state index >= 15 is 0 Å². The van der Waals surface area contributed by atoms with Gasteiger partial charge in [0, 0.05) is 33.6 Å². The Morgan fingerprint density at radius 3 is 2.47 bits per heavy atom. The van der Waals surface area contributed by atoms with Crippen molar-refractivity contribution in [2.45, 2.75) is 25.4 Å². The number of amides is 1. The van der Waals surface area contributed by atoms with Gasteiger partial charge in [-0.1, -0.05) is 59.6 Å². The number of carboxylic acids is 1. The van der Waals surface area contributed by atoms with Gasteiger partial charge in [0.25, 0.3) is 5.91 Å². The van der Waals surface area contributed by atoms with E-state index in [2.05, 4.69) is 41.9 Å². The monoisotopic (exact) mass is 548 g/mol. The summed E-state index contributed by atoms with van der Waals surface area (Å²) in [5, 5.41) is 21.0. The van der Waals surface area contributed by atoms with Gasteiger partial charge in [-0.3, -0.25) is 14.3 Å². The molecule has 194 valence electrons. The summed E-state index contributed by atoms with van der Waals surface area (Å²) >= 11 is 12.6. The lowest BCUT2D eigenvalue weighted by Crippen LogP contribution is -2.27. The second kappa shape index (κ2) is 10.9. The number of hydrogen-bond donors (Lipinski definition) is 3. The number of carboxylic acid groups (broad SMARTS) is 1. The minimum atomic E-state index is -0.956. The number of hydrogen-bond acceptors (Lipinski definition) is 4. The van der Waals surface area contributed by atoms with Crippen LogP contribution in [-0.4, -0.2) is 39.4 Å². The SMILES string of the molecule is CC(c1ccc(C(=O)NCCC(=O)O)cc1)n1nc(-c2cc(Cl)cc(Cl)c2)cc1C1=CC2C=CC=CC2N1. The number of carbonyl (C=O) groups excluding carboxylic acids is 1. The first-order chi connectivity index (χ1) is 18.3. The summed E-state index contributed by atoms with van der Waals surface area (Å²) in [4.78, 5) is 23.1. The quantitative estimate of drug-likeness (QED) is 0.334. The zero-order valence-corrected chi connectivity index (χ0v) is 22.1. The number of aliphatic carboxylic acids is 1. The summed E-state index contributed by atoms with van der Waals surface area (Å²) in [5.74, 6) is -1.01. The molecule has 0 radical (unpaired) electrons. The Morgan fingerprint density at radius 2 is 1.79 bits per heavy atom. The first-order valence-corrected chi connectivity index (χ1v) is 13.0. The summed E-state index contributed by atoms with van der Waals surface area (Å²) < 4.78 is 1.97. The maximum Gasteiger partial charge on any atom is 0.305 e.